The lowest BCUT2D eigenvalue weighted by molar-refractivity contribution is 0.406. The highest BCUT2D eigenvalue weighted by molar-refractivity contribution is 5.79. The smallest absolute Gasteiger partial charge is 0.191 e. The normalized spacial score (nSPS) is 11.2. The van der Waals surface area contributed by atoms with E-state index < -0.39 is 0 Å². The lowest BCUT2D eigenvalue weighted by atomic mass is 10.1. The fourth-order valence-corrected chi connectivity index (χ4v) is 2.61. The Morgan fingerprint density at radius 2 is 1.92 bits per heavy atom. The van der Waals surface area contributed by atoms with Gasteiger partial charge in [-0.1, -0.05) is 30.3 Å². The van der Waals surface area contributed by atoms with E-state index in [1.165, 1.54) is 5.56 Å². The third-order valence-corrected chi connectivity index (χ3v) is 3.95. The number of nitrogens with zero attached hydrogens (tertiary/aromatic N) is 2. The number of aryl methyl sites for hydroxylation is 1. The Hall–Kier alpha value is -2.56. The van der Waals surface area contributed by atoms with Crippen molar-refractivity contribution in [1.29, 1.82) is 0 Å². The number of hydrogen-bond acceptors (Lipinski definition) is 3. The van der Waals surface area contributed by atoms with Crippen LogP contribution in [-0.2, 0) is 13.0 Å². The van der Waals surface area contributed by atoms with E-state index in [9.17, 15) is 0 Å². The summed E-state index contributed by atoms with van der Waals surface area (Å²) in [5, 5.41) is 6.63. The summed E-state index contributed by atoms with van der Waals surface area (Å²) in [5.74, 6) is 1.67. The molecule has 1 aromatic carbocycles. The molecule has 0 amide bonds. The van der Waals surface area contributed by atoms with E-state index in [0.29, 0.717) is 6.54 Å². The minimum atomic E-state index is 0.605. The molecule has 2 N–H and O–H groups in total. The van der Waals surface area contributed by atoms with Crippen molar-refractivity contribution in [2.24, 2.45) is 4.99 Å². The van der Waals surface area contributed by atoms with Crippen LogP contribution in [0.3, 0.4) is 0 Å². The highest BCUT2D eigenvalue weighted by Crippen LogP contribution is 2.23. The summed E-state index contributed by atoms with van der Waals surface area (Å²) in [7, 11) is 3.46. The average molecular weight is 326 g/mol. The largest absolute Gasteiger partial charge is 0.496 e. The predicted octanol–water partition coefficient (Wildman–Crippen LogP) is 2.61. The Balaban J connectivity index is 1.88. The van der Waals surface area contributed by atoms with Gasteiger partial charge in [-0.3, -0.25) is 9.98 Å². The van der Waals surface area contributed by atoms with Gasteiger partial charge in [0.15, 0.2) is 5.96 Å². The maximum absolute atomic E-state index is 5.45. The van der Waals surface area contributed by atoms with Crippen LogP contribution >= 0.6 is 0 Å². The van der Waals surface area contributed by atoms with Gasteiger partial charge in [0.2, 0.25) is 0 Å². The van der Waals surface area contributed by atoms with Crippen LogP contribution in [0.25, 0.3) is 0 Å². The molecule has 128 valence electrons. The number of guanidine groups is 1. The molecule has 0 saturated heterocycles. The van der Waals surface area contributed by atoms with E-state index >= 15 is 0 Å². The number of aliphatic imine (C=N–C) groups is 1. The maximum Gasteiger partial charge on any atom is 0.191 e. The zero-order valence-electron chi connectivity index (χ0n) is 14.9. The van der Waals surface area contributed by atoms with E-state index in [0.717, 1.165) is 41.5 Å². The molecule has 0 aliphatic rings. The molecule has 0 radical (unpaired) electrons. The molecular formula is C19H26N4O. The number of nitrogens with one attached hydrogen (secondary N) is 2. The van der Waals surface area contributed by atoms with Gasteiger partial charge in [0.25, 0.3) is 0 Å². The Morgan fingerprint density at radius 1 is 1.17 bits per heavy atom. The minimum Gasteiger partial charge on any atom is -0.496 e. The van der Waals surface area contributed by atoms with Crippen LogP contribution in [0.2, 0.25) is 0 Å². The molecule has 5 nitrogen and oxygen atoms in total. The van der Waals surface area contributed by atoms with Gasteiger partial charge in [-0.2, -0.15) is 0 Å². The van der Waals surface area contributed by atoms with Gasteiger partial charge in [-0.05, 0) is 25.8 Å². The first-order valence-electron chi connectivity index (χ1n) is 8.13. The van der Waals surface area contributed by atoms with Crippen molar-refractivity contribution in [1.82, 2.24) is 15.6 Å². The second-order valence-electron chi connectivity index (χ2n) is 5.63. The summed E-state index contributed by atoms with van der Waals surface area (Å²) in [6.45, 7) is 5.46. The summed E-state index contributed by atoms with van der Waals surface area (Å²) in [6.07, 6.45) is 2.80. The van der Waals surface area contributed by atoms with Gasteiger partial charge >= 0.3 is 0 Å². The number of rotatable bonds is 6. The van der Waals surface area contributed by atoms with Crippen LogP contribution in [0.1, 0.15) is 22.4 Å². The third-order valence-electron chi connectivity index (χ3n) is 3.95. The summed E-state index contributed by atoms with van der Waals surface area (Å²) in [6, 6.07) is 10.4. The van der Waals surface area contributed by atoms with Crippen LogP contribution in [0, 0.1) is 13.8 Å². The molecule has 0 fully saturated rings. The lowest BCUT2D eigenvalue weighted by Gasteiger charge is -2.15. The summed E-state index contributed by atoms with van der Waals surface area (Å²) in [4.78, 5) is 8.75. The second-order valence-corrected chi connectivity index (χ2v) is 5.63. The van der Waals surface area contributed by atoms with E-state index in [-0.39, 0.29) is 0 Å². The van der Waals surface area contributed by atoms with Gasteiger partial charge < -0.3 is 15.4 Å². The maximum atomic E-state index is 5.45. The first kappa shape index (κ1) is 17.8. The highest BCUT2D eigenvalue weighted by atomic mass is 16.5. The van der Waals surface area contributed by atoms with Crippen molar-refractivity contribution in [2.45, 2.75) is 26.8 Å². The van der Waals surface area contributed by atoms with Gasteiger partial charge in [0.1, 0.15) is 5.75 Å². The zero-order valence-corrected chi connectivity index (χ0v) is 14.9. The standard InChI is InChI=1S/C19H26N4O/c1-14-12-22-17(15(2)18(14)24-4)13-23-19(20-3)21-11-10-16-8-6-5-7-9-16/h5-9,12H,10-11,13H2,1-4H3,(H2,20,21,23). The SMILES string of the molecule is CN=C(NCCc1ccccc1)NCc1ncc(C)c(OC)c1C. The van der Waals surface area contributed by atoms with E-state index in [2.05, 4.69) is 44.9 Å². The van der Waals surface area contributed by atoms with Crippen LogP contribution < -0.4 is 15.4 Å². The number of pyridine rings is 1. The van der Waals surface area contributed by atoms with Gasteiger partial charge in [-0.25, -0.2) is 0 Å². The summed E-state index contributed by atoms with van der Waals surface area (Å²) >= 11 is 0. The molecule has 0 spiro atoms. The number of ether oxygens (including phenoxy) is 1. The van der Waals surface area contributed by atoms with Crippen molar-refractivity contribution in [3.05, 3.63) is 58.9 Å². The van der Waals surface area contributed by atoms with Gasteiger partial charge in [0, 0.05) is 30.9 Å². The molecule has 0 aliphatic heterocycles. The Bertz CT molecular complexity index is 683. The highest BCUT2D eigenvalue weighted by Gasteiger charge is 2.09. The van der Waals surface area contributed by atoms with Crippen LogP contribution in [0.5, 0.6) is 5.75 Å². The monoisotopic (exact) mass is 326 g/mol. The van der Waals surface area contributed by atoms with E-state index in [4.69, 9.17) is 4.74 Å². The lowest BCUT2D eigenvalue weighted by Crippen LogP contribution is -2.38. The number of aromatic nitrogens is 1. The Kier molecular flexibility index (Phi) is 6.61. The van der Waals surface area contributed by atoms with Gasteiger partial charge in [-0.15, -0.1) is 0 Å². The quantitative estimate of drug-likeness (QED) is 0.633. The number of benzene rings is 1. The van der Waals surface area contributed by atoms with Crippen molar-refractivity contribution >= 4 is 5.96 Å². The Morgan fingerprint density at radius 3 is 2.58 bits per heavy atom. The number of methoxy groups -OCH3 is 1. The topological polar surface area (TPSA) is 58.5 Å². The molecular weight excluding hydrogens is 300 g/mol. The van der Waals surface area contributed by atoms with Crippen LogP contribution in [-0.4, -0.2) is 31.6 Å². The minimum absolute atomic E-state index is 0.605. The van der Waals surface area contributed by atoms with Gasteiger partial charge in [0.05, 0.1) is 19.3 Å². The van der Waals surface area contributed by atoms with Crippen molar-refractivity contribution < 1.29 is 4.74 Å². The van der Waals surface area contributed by atoms with Crippen molar-refractivity contribution in [2.75, 3.05) is 20.7 Å². The molecule has 1 aromatic heterocycles. The molecule has 0 unspecified atom stereocenters. The third kappa shape index (κ3) is 4.72. The average Bonchev–Trinajstić information content (AvgIpc) is 2.60. The zero-order chi connectivity index (χ0) is 17.4. The predicted molar refractivity (Wildman–Crippen MR) is 98.6 cm³/mol. The molecule has 0 atom stereocenters. The van der Waals surface area contributed by atoms with Crippen LogP contribution in [0.4, 0.5) is 0 Å². The van der Waals surface area contributed by atoms with Crippen molar-refractivity contribution in [3.63, 3.8) is 0 Å². The second kappa shape index (κ2) is 8.91. The molecule has 5 heteroatoms. The molecule has 1 heterocycles. The van der Waals surface area contributed by atoms with E-state index in [1.54, 1.807) is 14.2 Å². The Labute approximate surface area is 144 Å². The molecule has 2 rings (SSSR count). The summed E-state index contributed by atoms with van der Waals surface area (Å²) < 4.78 is 5.45. The molecule has 0 bridgehead atoms. The molecule has 2 aromatic rings. The van der Waals surface area contributed by atoms with E-state index in [1.807, 2.05) is 26.1 Å². The molecule has 24 heavy (non-hydrogen) atoms. The fraction of sp³-hybridized carbons (Fsp3) is 0.368. The summed E-state index contributed by atoms with van der Waals surface area (Å²) in [5.41, 5.74) is 4.37. The first-order valence-corrected chi connectivity index (χ1v) is 8.13. The fourth-order valence-electron chi connectivity index (χ4n) is 2.61. The first-order chi connectivity index (χ1) is 11.7. The van der Waals surface area contributed by atoms with Crippen molar-refractivity contribution in [3.8, 4) is 5.75 Å². The molecule has 0 aliphatic carbocycles. The van der Waals surface area contributed by atoms with Crippen LogP contribution in [0.15, 0.2) is 41.5 Å². The number of hydrogen-bond donors (Lipinski definition) is 2. The molecule has 0 saturated carbocycles.